The van der Waals surface area contributed by atoms with Crippen LogP contribution in [-0.4, -0.2) is 25.2 Å². The van der Waals surface area contributed by atoms with Crippen LogP contribution in [0.5, 0.6) is 0 Å². The van der Waals surface area contributed by atoms with E-state index in [0.717, 1.165) is 32.4 Å². The number of halogens is 2. The van der Waals surface area contributed by atoms with Gasteiger partial charge < -0.3 is 15.8 Å². The van der Waals surface area contributed by atoms with Crippen molar-refractivity contribution in [1.29, 1.82) is 0 Å². The van der Waals surface area contributed by atoms with Crippen molar-refractivity contribution in [3.05, 3.63) is 28.0 Å². The molecule has 6 heteroatoms. The quantitative estimate of drug-likeness (QED) is 0.558. The summed E-state index contributed by atoms with van der Waals surface area (Å²) in [5.74, 6) is -0.359. The molecule has 3 nitrogen and oxygen atoms in total. The first-order valence-corrected chi connectivity index (χ1v) is 7.28. The number of ether oxygens (including phenoxy) is 1. The van der Waals surface area contributed by atoms with E-state index < -0.39 is 0 Å². The van der Waals surface area contributed by atoms with E-state index in [9.17, 15) is 4.39 Å². The van der Waals surface area contributed by atoms with E-state index in [1.54, 1.807) is 19.2 Å². The fraction of sp³-hybridized carbons (Fsp3) is 0.462. The second-order valence-electron chi connectivity index (χ2n) is 4.13. The lowest BCUT2D eigenvalue weighted by Gasteiger charge is -2.11. The van der Waals surface area contributed by atoms with Crippen LogP contribution < -0.4 is 11.1 Å². The maximum atomic E-state index is 14.0. The van der Waals surface area contributed by atoms with Gasteiger partial charge in [-0.3, -0.25) is 0 Å². The zero-order chi connectivity index (χ0) is 14.3. The van der Waals surface area contributed by atoms with Crippen LogP contribution in [0.2, 0.25) is 0 Å². The van der Waals surface area contributed by atoms with Gasteiger partial charge in [0.15, 0.2) is 5.82 Å². The minimum atomic E-state index is -0.359. The van der Waals surface area contributed by atoms with E-state index in [1.807, 2.05) is 0 Å². The highest BCUT2D eigenvalue weighted by Crippen LogP contribution is 2.27. The van der Waals surface area contributed by atoms with Crippen LogP contribution in [-0.2, 0) is 4.74 Å². The largest absolute Gasteiger partial charge is 0.389 e. The molecule has 0 aliphatic rings. The number of hydrogen-bond donors (Lipinski definition) is 2. The number of hydrogen-bond acceptors (Lipinski definition) is 3. The van der Waals surface area contributed by atoms with Crippen molar-refractivity contribution in [3.8, 4) is 0 Å². The van der Waals surface area contributed by atoms with Crippen LogP contribution in [0.3, 0.4) is 0 Å². The summed E-state index contributed by atoms with van der Waals surface area (Å²) in [6.45, 7) is 1.49. The Morgan fingerprint density at radius 3 is 2.79 bits per heavy atom. The Balaban J connectivity index is 2.51. The molecule has 0 aliphatic heterocycles. The molecule has 19 heavy (non-hydrogen) atoms. The lowest BCUT2D eigenvalue weighted by Crippen LogP contribution is -2.12. The Morgan fingerprint density at radius 1 is 1.42 bits per heavy atom. The molecule has 0 bridgehead atoms. The maximum Gasteiger partial charge on any atom is 0.161 e. The average Bonchev–Trinajstić information content (AvgIpc) is 2.38. The molecule has 0 saturated heterocycles. The number of methoxy groups -OCH3 is 1. The van der Waals surface area contributed by atoms with E-state index in [2.05, 4.69) is 21.2 Å². The molecule has 0 spiro atoms. The van der Waals surface area contributed by atoms with E-state index >= 15 is 0 Å². The molecule has 0 saturated carbocycles. The van der Waals surface area contributed by atoms with Crippen LogP contribution in [0.25, 0.3) is 0 Å². The minimum Gasteiger partial charge on any atom is -0.389 e. The van der Waals surface area contributed by atoms with Crippen molar-refractivity contribution in [1.82, 2.24) is 0 Å². The van der Waals surface area contributed by atoms with Crippen molar-refractivity contribution in [2.45, 2.75) is 19.3 Å². The summed E-state index contributed by atoms with van der Waals surface area (Å²) in [5.41, 5.74) is 6.47. The first kappa shape index (κ1) is 16.3. The molecule has 0 unspecified atom stereocenters. The van der Waals surface area contributed by atoms with Crippen LogP contribution in [0, 0.1) is 5.82 Å². The van der Waals surface area contributed by atoms with Crippen molar-refractivity contribution in [3.63, 3.8) is 0 Å². The minimum absolute atomic E-state index is 0.178. The highest BCUT2D eigenvalue weighted by molar-refractivity contribution is 9.10. The third kappa shape index (κ3) is 5.04. The van der Waals surface area contributed by atoms with Gasteiger partial charge in [0.1, 0.15) is 4.99 Å². The topological polar surface area (TPSA) is 47.3 Å². The van der Waals surface area contributed by atoms with Gasteiger partial charge in [0.25, 0.3) is 0 Å². The standard InChI is InChI=1S/C13H18BrFN2OS/c1-18-8-4-2-3-7-17-10-6-5-9(13(16)19)11(14)12(10)15/h5-6,17H,2-4,7-8H2,1H3,(H2,16,19). The Morgan fingerprint density at radius 2 is 2.16 bits per heavy atom. The van der Waals surface area contributed by atoms with Gasteiger partial charge in [-0.2, -0.15) is 0 Å². The first-order valence-electron chi connectivity index (χ1n) is 6.08. The molecule has 0 atom stereocenters. The van der Waals surface area contributed by atoms with Gasteiger partial charge in [0, 0.05) is 25.8 Å². The first-order chi connectivity index (χ1) is 9.07. The number of thiocarbonyl (C=S) groups is 1. The van der Waals surface area contributed by atoms with Gasteiger partial charge in [0.05, 0.1) is 10.2 Å². The Kier molecular flexibility index (Phi) is 7.27. The van der Waals surface area contributed by atoms with Crippen molar-refractivity contribution < 1.29 is 9.13 Å². The smallest absolute Gasteiger partial charge is 0.161 e. The molecule has 0 aliphatic carbocycles. The fourth-order valence-electron chi connectivity index (χ4n) is 1.65. The van der Waals surface area contributed by atoms with Crippen molar-refractivity contribution >= 4 is 38.8 Å². The Labute approximate surface area is 126 Å². The number of nitrogens with one attached hydrogen (secondary N) is 1. The molecule has 0 amide bonds. The summed E-state index contributed by atoms with van der Waals surface area (Å²) in [4.78, 5) is 0.178. The SMILES string of the molecule is COCCCCCNc1ccc(C(N)=S)c(Br)c1F. The molecular formula is C13H18BrFN2OS. The predicted molar refractivity (Wildman–Crippen MR) is 84.2 cm³/mol. The summed E-state index contributed by atoms with van der Waals surface area (Å²) in [6, 6.07) is 3.37. The molecule has 0 fully saturated rings. The summed E-state index contributed by atoms with van der Waals surface area (Å²) in [5, 5.41) is 3.07. The summed E-state index contributed by atoms with van der Waals surface area (Å²) in [6.07, 6.45) is 3.04. The second-order valence-corrected chi connectivity index (χ2v) is 5.37. The monoisotopic (exact) mass is 348 g/mol. The van der Waals surface area contributed by atoms with E-state index in [0.29, 0.717) is 15.7 Å². The van der Waals surface area contributed by atoms with Crippen LogP contribution in [0.4, 0.5) is 10.1 Å². The van der Waals surface area contributed by atoms with Crippen LogP contribution in [0.15, 0.2) is 16.6 Å². The van der Waals surface area contributed by atoms with Gasteiger partial charge >= 0.3 is 0 Å². The highest BCUT2D eigenvalue weighted by Gasteiger charge is 2.12. The lowest BCUT2D eigenvalue weighted by molar-refractivity contribution is 0.192. The molecule has 1 aromatic carbocycles. The van der Waals surface area contributed by atoms with Crippen LogP contribution in [0.1, 0.15) is 24.8 Å². The third-order valence-electron chi connectivity index (χ3n) is 2.69. The second kappa shape index (κ2) is 8.45. The molecule has 0 heterocycles. The number of nitrogens with two attached hydrogens (primary N) is 1. The molecule has 0 aromatic heterocycles. The van der Waals surface area contributed by atoms with Gasteiger partial charge in [-0.25, -0.2) is 4.39 Å². The van der Waals surface area contributed by atoms with Gasteiger partial charge in [0.2, 0.25) is 0 Å². The third-order valence-corrected chi connectivity index (χ3v) is 3.68. The normalized spacial score (nSPS) is 10.5. The number of rotatable bonds is 8. The van der Waals surface area contributed by atoms with E-state index in [-0.39, 0.29) is 10.8 Å². The number of benzene rings is 1. The van der Waals surface area contributed by atoms with Crippen molar-refractivity contribution in [2.75, 3.05) is 25.6 Å². The van der Waals surface area contributed by atoms with Gasteiger partial charge in [-0.15, -0.1) is 0 Å². The van der Waals surface area contributed by atoms with Gasteiger partial charge in [-0.1, -0.05) is 12.2 Å². The van der Waals surface area contributed by atoms with Gasteiger partial charge in [-0.05, 0) is 47.3 Å². The predicted octanol–water partition coefficient (Wildman–Crippen LogP) is 3.45. The fourth-order valence-corrected chi connectivity index (χ4v) is 2.51. The number of unbranched alkanes of at least 4 members (excludes halogenated alkanes) is 2. The molecule has 106 valence electrons. The molecule has 1 rings (SSSR count). The maximum absolute atomic E-state index is 14.0. The van der Waals surface area contributed by atoms with E-state index in [4.69, 9.17) is 22.7 Å². The lowest BCUT2D eigenvalue weighted by atomic mass is 10.2. The van der Waals surface area contributed by atoms with Crippen LogP contribution >= 0.6 is 28.1 Å². The summed E-state index contributed by atoms with van der Waals surface area (Å²) >= 11 is 8.02. The average molecular weight is 349 g/mol. The number of anilines is 1. The zero-order valence-corrected chi connectivity index (χ0v) is 13.2. The van der Waals surface area contributed by atoms with E-state index in [1.165, 1.54) is 0 Å². The molecule has 0 radical (unpaired) electrons. The van der Waals surface area contributed by atoms with Crippen molar-refractivity contribution in [2.24, 2.45) is 5.73 Å². The Bertz CT molecular complexity index is 443. The summed E-state index contributed by atoms with van der Waals surface area (Å²) in [7, 11) is 1.69. The Hall–Kier alpha value is -0.720. The zero-order valence-electron chi connectivity index (χ0n) is 10.8. The molecule has 3 N–H and O–H groups in total. The molecular weight excluding hydrogens is 331 g/mol. The highest BCUT2D eigenvalue weighted by atomic mass is 79.9. The molecule has 1 aromatic rings. The summed E-state index contributed by atoms with van der Waals surface area (Å²) < 4.78 is 19.3.